The molecular formula is C10H11F2N3O. The zero-order valence-corrected chi connectivity index (χ0v) is 8.84. The number of aliphatic imine (C=N–C) groups is 1. The van der Waals surface area contributed by atoms with Crippen LogP contribution in [-0.4, -0.2) is 18.9 Å². The highest BCUT2D eigenvalue weighted by molar-refractivity contribution is 6.02. The topological polar surface area (TPSA) is 53.5 Å². The van der Waals surface area contributed by atoms with Gasteiger partial charge in [0.1, 0.15) is 17.5 Å². The van der Waals surface area contributed by atoms with Gasteiger partial charge in [-0.3, -0.25) is 10.3 Å². The summed E-state index contributed by atoms with van der Waals surface area (Å²) in [6.07, 6.45) is 0. The monoisotopic (exact) mass is 227 g/mol. The molecular weight excluding hydrogens is 216 g/mol. The van der Waals surface area contributed by atoms with Crippen LogP contribution in [0, 0.1) is 11.6 Å². The van der Waals surface area contributed by atoms with E-state index in [9.17, 15) is 13.6 Å². The molecule has 16 heavy (non-hydrogen) atoms. The minimum absolute atomic E-state index is 0.221. The Morgan fingerprint density at radius 3 is 2.69 bits per heavy atom. The van der Waals surface area contributed by atoms with Crippen molar-refractivity contribution in [1.82, 2.24) is 5.32 Å². The maximum absolute atomic E-state index is 13.1. The number of carbonyl (C=O) groups excluding carboxylic acids is 1. The molecule has 1 aromatic rings. The van der Waals surface area contributed by atoms with E-state index in [0.717, 1.165) is 18.2 Å². The fourth-order valence-electron chi connectivity index (χ4n) is 0.967. The van der Waals surface area contributed by atoms with Gasteiger partial charge in [-0.05, 0) is 19.1 Å². The van der Waals surface area contributed by atoms with E-state index in [1.807, 2.05) is 0 Å². The van der Waals surface area contributed by atoms with Crippen LogP contribution >= 0.6 is 0 Å². The van der Waals surface area contributed by atoms with Gasteiger partial charge in [-0.25, -0.2) is 13.6 Å². The number of benzene rings is 1. The van der Waals surface area contributed by atoms with Crippen molar-refractivity contribution in [3.8, 4) is 0 Å². The first-order chi connectivity index (χ1) is 7.52. The second-order valence-electron chi connectivity index (χ2n) is 3.01. The van der Waals surface area contributed by atoms with Crippen LogP contribution in [0.2, 0.25) is 0 Å². The molecule has 0 saturated carbocycles. The van der Waals surface area contributed by atoms with E-state index in [-0.39, 0.29) is 5.69 Å². The molecule has 1 aromatic carbocycles. The normalized spacial score (nSPS) is 11.1. The van der Waals surface area contributed by atoms with Crippen molar-refractivity contribution < 1.29 is 13.6 Å². The smallest absolute Gasteiger partial charge is 0.305 e. The molecule has 2 amide bonds. The summed E-state index contributed by atoms with van der Waals surface area (Å²) in [7, 11) is 1.50. The van der Waals surface area contributed by atoms with Gasteiger partial charge >= 0.3 is 6.03 Å². The van der Waals surface area contributed by atoms with Crippen molar-refractivity contribution in [1.29, 1.82) is 0 Å². The zero-order valence-electron chi connectivity index (χ0n) is 8.84. The standard InChI is InChI=1S/C10H11F2N3O/c1-6(13-2)14-10(16)15-9-5-7(11)3-4-8(9)12/h3-5H,1-2H3,(H2,13,14,15,16). The molecule has 0 heterocycles. The number of anilines is 1. The molecule has 0 unspecified atom stereocenters. The first-order valence-electron chi connectivity index (χ1n) is 4.49. The number of carbonyl (C=O) groups is 1. The van der Waals surface area contributed by atoms with Crippen LogP contribution in [-0.2, 0) is 0 Å². The van der Waals surface area contributed by atoms with Gasteiger partial charge < -0.3 is 5.32 Å². The zero-order chi connectivity index (χ0) is 12.1. The third-order valence-electron chi connectivity index (χ3n) is 1.81. The second-order valence-corrected chi connectivity index (χ2v) is 3.01. The molecule has 0 saturated heterocycles. The number of amidine groups is 1. The van der Waals surface area contributed by atoms with Gasteiger partial charge in [0.05, 0.1) is 5.69 Å². The summed E-state index contributed by atoms with van der Waals surface area (Å²) >= 11 is 0. The molecule has 0 bridgehead atoms. The lowest BCUT2D eigenvalue weighted by atomic mass is 10.3. The number of nitrogens with one attached hydrogen (secondary N) is 2. The number of hydrogen-bond donors (Lipinski definition) is 2. The fourth-order valence-corrected chi connectivity index (χ4v) is 0.967. The predicted molar refractivity (Wildman–Crippen MR) is 57.5 cm³/mol. The Kier molecular flexibility index (Phi) is 3.93. The molecule has 6 heteroatoms. The van der Waals surface area contributed by atoms with Crippen LogP contribution in [0.25, 0.3) is 0 Å². The van der Waals surface area contributed by atoms with E-state index in [0.29, 0.717) is 5.84 Å². The molecule has 4 nitrogen and oxygen atoms in total. The Morgan fingerprint density at radius 1 is 1.38 bits per heavy atom. The van der Waals surface area contributed by atoms with Crippen LogP contribution in [0.4, 0.5) is 19.3 Å². The third-order valence-corrected chi connectivity index (χ3v) is 1.81. The highest BCUT2D eigenvalue weighted by Crippen LogP contribution is 2.14. The number of urea groups is 1. The van der Waals surface area contributed by atoms with Crippen molar-refractivity contribution in [3.05, 3.63) is 29.8 Å². The lowest BCUT2D eigenvalue weighted by Crippen LogP contribution is -2.32. The lowest BCUT2D eigenvalue weighted by Gasteiger charge is -2.07. The van der Waals surface area contributed by atoms with Gasteiger partial charge in [-0.1, -0.05) is 0 Å². The maximum Gasteiger partial charge on any atom is 0.324 e. The average molecular weight is 227 g/mol. The highest BCUT2D eigenvalue weighted by atomic mass is 19.1. The third kappa shape index (κ3) is 3.30. The van der Waals surface area contributed by atoms with Gasteiger partial charge in [0.15, 0.2) is 0 Å². The average Bonchev–Trinajstić information content (AvgIpc) is 2.23. The number of amides is 2. The van der Waals surface area contributed by atoms with Gasteiger partial charge in [-0.2, -0.15) is 0 Å². The molecule has 0 fully saturated rings. The molecule has 1 rings (SSSR count). The molecule has 0 radical (unpaired) electrons. The van der Waals surface area contributed by atoms with Crippen molar-refractivity contribution in [2.45, 2.75) is 6.92 Å². The van der Waals surface area contributed by atoms with E-state index in [4.69, 9.17) is 0 Å². The maximum atomic E-state index is 13.1. The number of halogens is 2. The second kappa shape index (κ2) is 5.20. The van der Waals surface area contributed by atoms with Crippen LogP contribution in [0.3, 0.4) is 0 Å². The molecule has 0 aromatic heterocycles. The summed E-state index contributed by atoms with van der Waals surface area (Å²) in [5.74, 6) is -0.963. The molecule has 0 atom stereocenters. The Balaban J connectivity index is 2.73. The van der Waals surface area contributed by atoms with Gasteiger partial charge in [0, 0.05) is 13.1 Å². The van der Waals surface area contributed by atoms with Crippen molar-refractivity contribution in [3.63, 3.8) is 0 Å². The summed E-state index contributed by atoms with van der Waals surface area (Å²) in [5, 5.41) is 4.51. The molecule has 0 aliphatic carbocycles. The van der Waals surface area contributed by atoms with Crippen LogP contribution < -0.4 is 10.6 Å². The number of hydrogen-bond acceptors (Lipinski definition) is 2. The first kappa shape index (κ1) is 12.1. The van der Waals surface area contributed by atoms with E-state index in [1.54, 1.807) is 6.92 Å². The van der Waals surface area contributed by atoms with Crippen LogP contribution in [0.5, 0.6) is 0 Å². The van der Waals surface area contributed by atoms with Crippen molar-refractivity contribution >= 4 is 17.6 Å². The predicted octanol–water partition coefficient (Wildman–Crippen LogP) is 2.13. The summed E-state index contributed by atoms with van der Waals surface area (Å²) < 4.78 is 25.9. The summed E-state index contributed by atoms with van der Waals surface area (Å²) in [4.78, 5) is 14.9. The summed E-state index contributed by atoms with van der Waals surface area (Å²) in [6.45, 7) is 1.57. The van der Waals surface area contributed by atoms with E-state index >= 15 is 0 Å². The Bertz CT molecular complexity index is 432. The molecule has 86 valence electrons. The highest BCUT2D eigenvalue weighted by Gasteiger charge is 2.07. The Morgan fingerprint density at radius 2 is 2.06 bits per heavy atom. The van der Waals surface area contributed by atoms with E-state index in [1.165, 1.54) is 7.05 Å². The molecule has 0 spiro atoms. The minimum atomic E-state index is -0.706. The van der Waals surface area contributed by atoms with Gasteiger partial charge in [-0.15, -0.1) is 0 Å². The van der Waals surface area contributed by atoms with Crippen LogP contribution in [0.15, 0.2) is 23.2 Å². The quantitative estimate of drug-likeness (QED) is 0.560. The van der Waals surface area contributed by atoms with Crippen molar-refractivity contribution in [2.75, 3.05) is 12.4 Å². The molecule has 2 N–H and O–H groups in total. The van der Waals surface area contributed by atoms with Gasteiger partial charge in [0.2, 0.25) is 0 Å². The molecule has 0 aliphatic rings. The van der Waals surface area contributed by atoms with E-state index < -0.39 is 17.7 Å². The molecule has 0 aliphatic heterocycles. The van der Waals surface area contributed by atoms with E-state index in [2.05, 4.69) is 15.6 Å². The summed E-state index contributed by atoms with van der Waals surface area (Å²) in [5.41, 5.74) is -0.221. The first-order valence-corrected chi connectivity index (χ1v) is 4.49. The van der Waals surface area contributed by atoms with Crippen molar-refractivity contribution in [2.24, 2.45) is 4.99 Å². The SMILES string of the molecule is CN=C(C)NC(=O)Nc1cc(F)ccc1F. The number of nitrogens with zero attached hydrogens (tertiary/aromatic N) is 1. The van der Waals surface area contributed by atoms with Crippen LogP contribution in [0.1, 0.15) is 6.92 Å². The fraction of sp³-hybridized carbons (Fsp3) is 0.200. The Hall–Kier alpha value is -1.98. The number of rotatable bonds is 1. The largest absolute Gasteiger partial charge is 0.324 e. The Labute approximate surface area is 91.4 Å². The van der Waals surface area contributed by atoms with Gasteiger partial charge in [0.25, 0.3) is 0 Å². The minimum Gasteiger partial charge on any atom is -0.305 e. The lowest BCUT2D eigenvalue weighted by molar-refractivity contribution is 0.256. The summed E-state index contributed by atoms with van der Waals surface area (Å²) in [6, 6.07) is 2.13.